The number of carbonyl (C=O) groups excluding carboxylic acids is 3. The lowest BCUT2D eigenvalue weighted by Crippen LogP contribution is -2.36. The SMILES string of the molecule is CC(C)c1ccc([C@H](NC(=O)COC(=O)CNC(=O)c2cccc(F)c2)C(C)C)cc1. The molecule has 2 aromatic rings. The first-order chi connectivity index (χ1) is 14.7. The Hall–Kier alpha value is -3.22. The van der Waals surface area contributed by atoms with Crippen molar-refractivity contribution >= 4 is 17.8 Å². The molecule has 0 aliphatic heterocycles. The van der Waals surface area contributed by atoms with E-state index in [1.54, 1.807) is 0 Å². The van der Waals surface area contributed by atoms with Gasteiger partial charge in [-0.15, -0.1) is 0 Å². The number of hydrogen-bond donors (Lipinski definition) is 2. The maximum atomic E-state index is 13.2. The van der Waals surface area contributed by atoms with Crippen LogP contribution in [0.1, 0.15) is 61.1 Å². The quantitative estimate of drug-likeness (QED) is 0.596. The fraction of sp³-hybridized carbons (Fsp3) is 0.375. The van der Waals surface area contributed by atoms with E-state index in [9.17, 15) is 18.8 Å². The van der Waals surface area contributed by atoms with Crippen molar-refractivity contribution in [2.75, 3.05) is 13.2 Å². The van der Waals surface area contributed by atoms with E-state index in [0.717, 1.165) is 11.6 Å². The Morgan fingerprint density at radius 2 is 1.61 bits per heavy atom. The molecule has 0 aromatic heterocycles. The van der Waals surface area contributed by atoms with Crippen molar-refractivity contribution in [3.63, 3.8) is 0 Å². The third-order valence-corrected chi connectivity index (χ3v) is 4.79. The molecule has 6 nitrogen and oxygen atoms in total. The van der Waals surface area contributed by atoms with Gasteiger partial charge in [0.15, 0.2) is 6.61 Å². The van der Waals surface area contributed by atoms with Gasteiger partial charge in [-0.25, -0.2) is 4.39 Å². The van der Waals surface area contributed by atoms with Gasteiger partial charge >= 0.3 is 5.97 Å². The molecule has 0 saturated carbocycles. The van der Waals surface area contributed by atoms with Crippen LogP contribution in [-0.4, -0.2) is 30.9 Å². The highest BCUT2D eigenvalue weighted by molar-refractivity contribution is 5.96. The van der Waals surface area contributed by atoms with Crippen LogP contribution in [0.5, 0.6) is 0 Å². The Labute approximate surface area is 182 Å². The summed E-state index contributed by atoms with van der Waals surface area (Å²) in [5, 5.41) is 5.23. The summed E-state index contributed by atoms with van der Waals surface area (Å²) in [6.07, 6.45) is 0. The summed E-state index contributed by atoms with van der Waals surface area (Å²) in [5.74, 6) is -1.80. The topological polar surface area (TPSA) is 84.5 Å². The third-order valence-electron chi connectivity index (χ3n) is 4.79. The third kappa shape index (κ3) is 7.51. The Balaban J connectivity index is 1.83. The second-order valence-corrected chi connectivity index (χ2v) is 7.96. The summed E-state index contributed by atoms with van der Waals surface area (Å²) in [6.45, 7) is 7.34. The van der Waals surface area contributed by atoms with Crippen molar-refractivity contribution < 1.29 is 23.5 Å². The zero-order chi connectivity index (χ0) is 23.0. The van der Waals surface area contributed by atoms with Crippen LogP contribution in [0.25, 0.3) is 0 Å². The lowest BCUT2D eigenvalue weighted by atomic mass is 9.93. The van der Waals surface area contributed by atoms with E-state index in [1.807, 2.05) is 38.1 Å². The summed E-state index contributed by atoms with van der Waals surface area (Å²) >= 11 is 0. The number of halogens is 1. The molecule has 0 fully saturated rings. The van der Waals surface area contributed by atoms with Gasteiger partial charge in [-0.05, 0) is 41.2 Å². The largest absolute Gasteiger partial charge is 0.454 e. The van der Waals surface area contributed by atoms with Crippen molar-refractivity contribution in [1.82, 2.24) is 10.6 Å². The predicted molar refractivity (Wildman–Crippen MR) is 116 cm³/mol. The molecule has 0 saturated heterocycles. The Bertz CT molecular complexity index is 910. The second kappa shape index (κ2) is 11.2. The van der Waals surface area contributed by atoms with Gasteiger partial charge in [0.2, 0.25) is 0 Å². The molecular weight excluding hydrogens is 399 g/mol. The molecule has 2 N–H and O–H groups in total. The van der Waals surface area contributed by atoms with Gasteiger partial charge < -0.3 is 15.4 Å². The molecule has 7 heteroatoms. The Morgan fingerprint density at radius 1 is 0.968 bits per heavy atom. The Kier molecular flexibility index (Phi) is 8.73. The minimum Gasteiger partial charge on any atom is -0.454 e. The fourth-order valence-corrected chi connectivity index (χ4v) is 3.02. The van der Waals surface area contributed by atoms with E-state index in [-0.39, 0.29) is 17.5 Å². The van der Waals surface area contributed by atoms with Crippen LogP contribution in [-0.2, 0) is 14.3 Å². The fourth-order valence-electron chi connectivity index (χ4n) is 3.02. The molecule has 0 aliphatic rings. The zero-order valence-electron chi connectivity index (χ0n) is 18.3. The van der Waals surface area contributed by atoms with Gasteiger partial charge in [-0.1, -0.05) is 58.0 Å². The number of benzene rings is 2. The van der Waals surface area contributed by atoms with Crippen LogP contribution >= 0.6 is 0 Å². The first-order valence-corrected chi connectivity index (χ1v) is 10.3. The standard InChI is InChI=1S/C24H29FN2O4/c1-15(2)17-8-10-18(11-9-17)23(16(3)4)27-21(28)14-31-22(29)13-26-24(30)19-6-5-7-20(25)12-19/h5-12,15-16,23H,13-14H2,1-4H3,(H,26,30)(H,27,28)/t23-/m1/s1. The highest BCUT2D eigenvalue weighted by Gasteiger charge is 2.19. The van der Waals surface area contributed by atoms with Crippen molar-refractivity contribution in [3.8, 4) is 0 Å². The average Bonchev–Trinajstić information content (AvgIpc) is 2.74. The van der Waals surface area contributed by atoms with E-state index < -0.39 is 36.8 Å². The predicted octanol–water partition coefficient (Wildman–Crippen LogP) is 3.74. The van der Waals surface area contributed by atoms with Crippen LogP contribution in [0.4, 0.5) is 4.39 Å². The molecule has 2 aromatic carbocycles. The van der Waals surface area contributed by atoms with Crippen molar-refractivity contribution in [1.29, 1.82) is 0 Å². The summed E-state index contributed by atoms with van der Waals surface area (Å²) in [6, 6.07) is 13.0. The average molecular weight is 429 g/mol. The summed E-state index contributed by atoms with van der Waals surface area (Å²) in [5.41, 5.74) is 2.28. The normalized spacial score (nSPS) is 11.8. The highest BCUT2D eigenvalue weighted by atomic mass is 19.1. The summed E-state index contributed by atoms with van der Waals surface area (Å²) in [4.78, 5) is 36.1. The van der Waals surface area contributed by atoms with E-state index in [0.29, 0.717) is 5.92 Å². The van der Waals surface area contributed by atoms with E-state index in [2.05, 4.69) is 24.5 Å². The zero-order valence-corrected chi connectivity index (χ0v) is 18.3. The molecule has 31 heavy (non-hydrogen) atoms. The van der Waals surface area contributed by atoms with Crippen LogP contribution in [0.2, 0.25) is 0 Å². The van der Waals surface area contributed by atoms with Crippen molar-refractivity contribution in [2.24, 2.45) is 5.92 Å². The first-order valence-electron chi connectivity index (χ1n) is 10.3. The monoisotopic (exact) mass is 428 g/mol. The molecule has 0 radical (unpaired) electrons. The van der Waals surface area contributed by atoms with Gasteiger partial charge in [0.25, 0.3) is 11.8 Å². The van der Waals surface area contributed by atoms with E-state index >= 15 is 0 Å². The minimum absolute atomic E-state index is 0.0915. The molecule has 0 aliphatic carbocycles. The first kappa shape index (κ1) is 24.1. The van der Waals surface area contributed by atoms with Gasteiger partial charge in [-0.2, -0.15) is 0 Å². The second-order valence-electron chi connectivity index (χ2n) is 7.96. The maximum absolute atomic E-state index is 13.2. The number of rotatable bonds is 9. The van der Waals surface area contributed by atoms with Crippen molar-refractivity contribution in [3.05, 3.63) is 71.0 Å². The number of hydrogen-bond acceptors (Lipinski definition) is 4. The van der Waals surface area contributed by atoms with E-state index in [1.165, 1.54) is 23.8 Å². The number of carbonyl (C=O) groups is 3. The van der Waals surface area contributed by atoms with E-state index in [4.69, 9.17) is 4.74 Å². The molecule has 1 atom stereocenters. The van der Waals surface area contributed by atoms with Crippen molar-refractivity contribution in [2.45, 2.75) is 39.7 Å². The molecule has 0 bridgehead atoms. The number of ether oxygens (including phenoxy) is 1. The van der Waals surface area contributed by atoms with Gasteiger partial charge in [-0.3, -0.25) is 14.4 Å². The molecule has 2 amide bonds. The molecular formula is C24H29FN2O4. The molecule has 0 unspecified atom stereocenters. The minimum atomic E-state index is -0.762. The molecule has 0 spiro atoms. The highest BCUT2D eigenvalue weighted by Crippen LogP contribution is 2.24. The van der Waals surface area contributed by atoms with Crippen LogP contribution in [0.15, 0.2) is 48.5 Å². The van der Waals surface area contributed by atoms with Gasteiger partial charge in [0, 0.05) is 5.56 Å². The van der Waals surface area contributed by atoms with Gasteiger partial charge in [0.1, 0.15) is 12.4 Å². The lowest BCUT2D eigenvalue weighted by molar-refractivity contribution is -0.147. The molecule has 166 valence electrons. The Morgan fingerprint density at radius 3 is 2.19 bits per heavy atom. The smallest absolute Gasteiger partial charge is 0.325 e. The summed E-state index contributed by atoms with van der Waals surface area (Å²) in [7, 11) is 0. The number of amides is 2. The number of esters is 1. The molecule has 2 rings (SSSR count). The summed E-state index contributed by atoms with van der Waals surface area (Å²) < 4.78 is 18.1. The maximum Gasteiger partial charge on any atom is 0.325 e. The number of nitrogens with one attached hydrogen (secondary N) is 2. The lowest BCUT2D eigenvalue weighted by Gasteiger charge is -2.23. The van der Waals surface area contributed by atoms with Crippen LogP contribution in [0.3, 0.4) is 0 Å². The van der Waals surface area contributed by atoms with Gasteiger partial charge in [0.05, 0.1) is 6.04 Å². The van der Waals surface area contributed by atoms with Crippen LogP contribution < -0.4 is 10.6 Å². The van der Waals surface area contributed by atoms with Crippen LogP contribution in [0, 0.1) is 11.7 Å². The molecule has 0 heterocycles.